The van der Waals surface area contributed by atoms with Crippen molar-refractivity contribution in [2.24, 2.45) is 0 Å². The van der Waals surface area contributed by atoms with Crippen LogP contribution < -0.4 is 4.74 Å². The molecule has 38 heavy (non-hydrogen) atoms. The van der Waals surface area contributed by atoms with E-state index in [1.54, 1.807) is 30.0 Å². The van der Waals surface area contributed by atoms with E-state index in [1.807, 2.05) is 49.4 Å². The molecular weight excluding hydrogens is 516 g/mol. The highest BCUT2D eigenvalue weighted by Crippen LogP contribution is 2.33. The lowest BCUT2D eigenvalue weighted by Gasteiger charge is -2.13. The number of carboxylic acid groups (broad SMARTS) is 1. The van der Waals surface area contributed by atoms with E-state index in [1.165, 1.54) is 0 Å². The SMILES string of the molecule is CCSc1nc2c(C)cc(OCc3ccccc3C(=O)O)cc2n1Cc1ccc(-c2ccccc2)cc1Cl. The van der Waals surface area contributed by atoms with Gasteiger partial charge in [0.05, 0.1) is 23.1 Å². The van der Waals surface area contributed by atoms with E-state index >= 15 is 0 Å². The van der Waals surface area contributed by atoms with E-state index in [2.05, 4.69) is 35.8 Å². The fourth-order valence-corrected chi connectivity index (χ4v) is 5.46. The third kappa shape index (κ3) is 5.42. The van der Waals surface area contributed by atoms with Crippen molar-refractivity contribution in [2.75, 3.05) is 5.75 Å². The summed E-state index contributed by atoms with van der Waals surface area (Å²) in [6, 6.07) is 27.2. The van der Waals surface area contributed by atoms with Gasteiger partial charge in [-0.25, -0.2) is 9.78 Å². The second-order valence-corrected chi connectivity index (χ2v) is 10.6. The lowest BCUT2D eigenvalue weighted by atomic mass is 10.0. The van der Waals surface area contributed by atoms with Crippen LogP contribution in [0.1, 0.15) is 34.0 Å². The van der Waals surface area contributed by atoms with Gasteiger partial charge in [-0.2, -0.15) is 0 Å². The molecule has 0 aliphatic carbocycles. The van der Waals surface area contributed by atoms with Crippen LogP contribution >= 0.6 is 23.4 Å². The highest BCUT2D eigenvalue weighted by molar-refractivity contribution is 7.99. The summed E-state index contributed by atoms with van der Waals surface area (Å²) in [4.78, 5) is 16.5. The Balaban J connectivity index is 1.49. The molecule has 4 aromatic carbocycles. The summed E-state index contributed by atoms with van der Waals surface area (Å²) in [6.07, 6.45) is 0. The number of halogens is 1. The van der Waals surface area contributed by atoms with E-state index in [4.69, 9.17) is 21.3 Å². The smallest absolute Gasteiger partial charge is 0.336 e. The normalized spacial score (nSPS) is 11.1. The largest absolute Gasteiger partial charge is 0.489 e. The monoisotopic (exact) mass is 542 g/mol. The number of hydrogen-bond acceptors (Lipinski definition) is 4. The van der Waals surface area contributed by atoms with Crippen LogP contribution in [0.15, 0.2) is 90.1 Å². The van der Waals surface area contributed by atoms with Gasteiger partial charge >= 0.3 is 5.97 Å². The lowest BCUT2D eigenvalue weighted by Crippen LogP contribution is -2.06. The van der Waals surface area contributed by atoms with Crippen molar-refractivity contribution in [3.63, 3.8) is 0 Å². The molecule has 0 spiro atoms. The van der Waals surface area contributed by atoms with E-state index in [9.17, 15) is 9.90 Å². The van der Waals surface area contributed by atoms with Gasteiger partial charge < -0.3 is 14.4 Å². The Labute approximate surface area is 231 Å². The van der Waals surface area contributed by atoms with E-state index in [0.29, 0.717) is 22.9 Å². The van der Waals surface area contributed by atoms with Crippen LogP contribution in [-0.2, 0) is 13.2 Å². The summed E-state index contributed by atoms with van der Waals surface area (Å²) in [6.45, 7) is 4.85. The number of aromatic carboxylic acids is 1. The standard InChI is InChI=1S/C31H27ClN2O3S/c1-3-38-31-33-29-20(2)15-25(37-19-24-11-7-8-12-26(24)30(35)36)17-28(29)34(31)18-23-14-13-22(16-27(23)32)21-9-5-4-6-10-21/h4-17H,3,18-19H2,1-2H3,(H,35,36). The Morgan fingerprint density at radius 1 is 0.974 bits per heavy atom. The zero-order chi connectivity index (χ0) is 26.6. The van der Waals surface area contributed by atoms with Crippen molar-refractivity contribution < 1.29 is 14.6 Å². The number of carbonyl (C=O) groups is 1. The summed E-state index contributed by atoms with van der Waals surface area (Å²) in [5, 5.41) is 11.1. The minimum absolute atomic E-state index is 0.158. The molecule has 0 bridgehead atoms. The molecule has 0 atom stereocenters. The van der Waals surface area contributed by atoms with Crippen molar-refractivity contribution in [3.8, 4) is 16.9 Å². The molecule has 1 N–H and O–H groups in total. The van der Waals surface area contributed by atoms with Crippen LogP contribution in [0.4, 0.5) is 0 Å². The van der Waals surface area contributed by atoms with Gasteiger partial charge in [-0.15, -0.1) is 0 Å². The second kappa shape index (κ2) is 11.3. The zero-order valence-corrected chi connectivity index (χ0v) is 22.7. The number of imidazole rings is 1. The number of aromatic nitrogens is 2. The highest BCUT2D eigenvalue weighted by atomic mass is 35.5. The van der Waals surface area contributed by atoms with Gasteiger partial charge in [-0.05, 0) is 53.1 Å². The van der Waals surface area contributed by atoms with Crippen molar-refractivity contribution in [1.82, 2.24) is 9.55 Å². The maximum Gasteiger partial charge on any atom is 0.336 e. The number of nitrogens with zero attached hydrogens (tertiary/aromatic N) is 2. The average Bonchev–Trinajstić information content (AvgIpc) is 3.26. The summed E-state index contributed by atoms with van der Waals surface area (Å²) >= 11 is 8.47. The van der Waals surface area contributed by atoms with Gasteiger partial charge in [0.1, 0.15) is 12.4 Å². The van der Waals surface area contributed by atoms with Crippen LogP contribution in [0.25, 0.3) is 22.2 Å². The Hall–Kier alpha value is -3.74. The summed E-state index contributed by atoms with van der Waals surface area (Å²) in [7, 11) is 0. The van der Waals surface area contributed by atoms with Crippen molar-refractivity contribution >= 4 is 40.4 Å². The number of carboxylic acids is 1. The molecule has 1 aromatic heterocycles. The second-order valence-electron chi connectivity index (χ2n) is 8.94. The molecule has 5 nitrogen and oxygen atoms in total. The number of thioether (sulfide) groups is 1. The molecule has 0 fully saturated rings. The molecule has 0 aliphatic heterocycles. The lowest BCUT2D eigenvalue weighted by molar-refractivity contribution is 0.0694. The maximum absolute atomic E-state index is 11.6. The first-order valence-electron chi connectivity index (χ1n) is 12.4. The van der Waals surface area contributed by atoms with E-state index in [-0.39, 0.29) is 12.2 Å². The van der Waals surface area contributed by atoms with Crippen LogP contribution in [0.5, 0.6) is 5.75 Å². The van der Waals surface area contributed by atoms with Gasteiger partial charge in [0.15, 0.2) is 5.16 Å². The Morgan fingerprint density at radius 3 is 2.47 bits per heavy atom. The predicted molar refractivity (Wildman–Crippen MR) is 155 cm³/mol. The molecular formula is C31H27ClN2O3S. The number of benzene rings is 4. The highest BCUT2D eigenvalue weighted by Gasteiger charge is 2.17. The fraction of sp³-hybridized carbons (Fsp3) is 0.161. The van der Waals surface area contributed by atoms with E-state index in [0.717, 1.165) is 44.2 Å². The zero-order valence-electron chi connectivity index (χ0n) is 21.1. The maximum atomic E-state index is 11.6. The van der Waals surface area contributed by atoms with Crippen LogP contribution in [0, 0.1) is 6.92 Å². The molecule has 0 aliphatic rings. The number of fused-ring (bicyclic) bond motifs is 1. The quantitative estimate of drug-likeness (QED) is 0.191. The topological polar surface area (TPSA) is 64.3 Å². The van der Waals surface area contributed by atoms with Gasteiger partial charge in [0, 0.05) is 16.7 Å². The first kappa shape index (κ1) is 25.9. The third-order valence-electron chi connectivity index (χ3n) is 6.39. The van der Waals surface area contributed by atoms with Crippen molar-refractivity contribution in [2.45, 2.75) is 32.2 Å². The Bertz CT molecular complexity index is 1620. The number of hydrogen-bond donors (Lipinski definition) is 1. The summed E-state index contributed by atoms with van der Waals surface area (Å²) < 4.78 is 8.28. The Kier molecular flexibility index (Phi) is 7.72. The molecule has 5 rings (SSSR count). The third-order valence-corrected chi connectivity index (χ3v) is 7.60. The van der Waals surface area contributed by atoms with Crippen molar-refractivity contribution in [3.05, 3.63) is 112 Å². The number of rotatable bonds is 9. The first-order chi connectivity index (χ1) is 18.4. The molecule has 5 aromatic rings. The van der Waals surface area contributed by atoms with Gasteiger partial charge in [-0.3, -0.25) is 0 Å². The minimum atomic E-state index is -0.967. The molecule has 7 heteroatoms. The summed E-state index contributed by atoms with van der Waals surface area (Å²) in [5.74, 6) is 0.582. The molecule has 0 unspecified atom stereocenters. The molecule has 0 saturated heterocycles. The van der Waals surface area contributed by atoms with Crippen LogP contribution in [0.3, 0.4) is 0 Å². The number of aryl methyl sites for hydroxylation is 1. The average molecular weight is 543 g/mol. The van der Waals surface area contributed by atoms with Gasteiger partial charge in [0.25, 0.3) is 0 Å². The first-order valence-corrected chi connectivity index (χ1v) is 13.7. The minimum Gasteiger partial charge on any atom is -0.489 e. The van der Waals surface area contributed by atoms with Crippen LogP contribution in [0.2, 0.25) is 5.02 Å². The van der Waals surface area contributed by atoms with E-state index < -0.39 is 5.97 Å². The molecule has 0 saturated carbocycles. The molecule has 0 radical (unpaired) electrons. The molecule has 0 amide bonds. The molecule has 1 heterocycles. The van der Waals surface area contributed by atoms with Gasteiger partial charge in [-0.1, -0.05) is 91.0 Å². The van der Waals surface area contributed by atoms with Crippen LogP contribution in [-0.4, -0.2) is 26.4 Å². The number of ether oxygens (including phenoxy) is 1. The summed E-state index contributed by atoms with van der Waals surface area (Å²) in [5.41, 5.74) is 6.92. The molecule has 192 valence electrons. The fourth-order valence-electron chi connectivity index (χ4n) is 4.49. The van der Waals surface area contributed by atoms with Crippen molar-refractivity contribution in [1.29, 1.82) is 0 Å². The van der Waals surface area contributed by atoms with Gasteiger partial charge in [0.2, 0.25) is 0 Å². The Morgan fingerprint density at radius 2 is 1.74 bits per heavy atom. The predicted octanol–water partition coefficient (Wildman–Crippen LogP) is 8.10.